The lowest BCUT2D eigenvalue weighted by Gasteiger charge is -2.20. The van der Waals surface area contributed by atoms with Crippen LogP contribution >= 0.6 is 11.6 Å². The van der Waals surface area contributed by atoms with Gasteiger partial charge in [0.25, 0.3) is 5.56 Å². The Balaban J connectivity index is 1.66. The first-order chi connectivity index (χ1) is 16.4. The Morgan fingerprint density at radius 1 is 1.06 bits per heavy atom. The largest absolute Gasteiger partial charge is 0.497 e. The summed E-state index contributed by atoms with van der Waals surface area (Å²) in [5.41, 5.74) is 1.88. The molecule has 2 N–H and O–H groups in total. The summed E-state index contributed by atoms with van der Waals surface area (Å²) in [6.45, 7) is 3.00. The zero-order chi connectivity index (χ0) is 24.7. The Labute approximate surface area is 204 Å². The Morgan fingerprint density at radius 3 is 2.41 bits per heavy atom. The molecule has 2 aromatic carbocycles. The van der Waals surface area contributed by atoms with E-state index in [1.54, 1.807) is 45.0 Å². The fraction of sp³-hybridized carbons (Fsp3) is 0.360. The smallest absolute Gasteiger partial charge is 0.292 e. The molecule has 3 aromatic rings. The molecule has 0 aliphatic rings. The summed E-state index contributed by atoms with van der Waals surface area (Å²) in [5.74, 6) is 2.51. The Kier molecular flexibility index (Phi) is 8.92. The van der Waals surface area contributed by atoms with Crippen LogP contribution in [-0.4, -0.2) is 55.2 Å². The number of benzene rings is 2. The molecule has 1 aromatic heterocycles. The summed E-state index contributed by atoms with van der Waals surface area (Å²) in [4.78, 5) is 16.4. The van der Waals surface area contributed by atoms with E-state index in [2.05, 4.69) is 10.3 Å². The van der Waals surface area contributed by atoms with Crippen LogP contribution in [0, 0.1) is 6.92 Å². The van der Waals surface area contributed by atoms with Crippen LogP contribution in [-0.2, 0) is 13.0 Å². The van der Waals surface area contributed by atoms with Gasteiger partial charge in [-0.05, 0) is 61.9 Å². The van der Waals surface area contributed by atoms with Gasteiger partial charge in [-0.1, -0.05) is 17.7 Å². The highest BCUT2D eigenvalue weighted by molar-refractivity contribution is 6.31. The van der Waals surface area contributed by atoms with Crippen molar-refractivity contribution in [3.8, 4) is 28.6 Å². The van der Waals surface area contributed by atoms with Crippen molar-refractivity contribution in [1.82, 2.24) is 14.9 Å². The second-order valence-electron chi connectivity index (χ2n) is 7.78. The molecule has 0 radical (unpaired) electrons. The fourth-order valence-corrected chi connectivity index (χ4v) is 3.78. The molecular formula is C25H30ClN3O5. The molecule has 182 valence electrons. The van der Waals surface area contributed by atoms with Gasteiger partial charge < -0.3 is 29.2 Å². The first-order valence-corrected chi connectivity index (χ1v) is 11.3. The minimum absolute atomic E-state index is 0.0471. The third-order valence-corrected chi connectivity index (χ3v) is 5.97. The lowest BCUT2D eigenvalue weighted by molar-refractivity contribution is 0.151. The lowest BCUT2D eigenvalue weighted by atomic mass is 10.1. The highest BCUT2D eigenvalue weighted by Crippen LogP contribution is 2.27. The maximum Gasteiger partial charge on any atom is 0.292 e. The van der Waals surface area contributed by atoms with Crippen LogP contribution < -0.4 is 25.1 Å². The van der Waals surface area contributed by atoms with Crippen LogP contribution in [0.3, 0.4) is 0 Å². The van der Waals surface area contributed by atoms with Crippen molar-refractivity contribution < 1.29 is 19.3 Å². The third kappa shape index (κ3) is 6.08. The molecule has 34 heavy (non-hydrogen) atoms. The molecule has 9 heteroatoms. The van der Waals surface area contributed by atoms with Crippen LogP contribution in [0.1, 0.15) is 11.3 Å². The predicted octanol–water partition coefficient (Wildman–Crippen LogP) is 3.09. The van der Waals surface area contributed by atoms with Crippen LogP contribution in [0.2, 0.25) is 5.02 Å². The van der Waals surface area contributed by atoms with E-state index in [1.807, 2.05) is 30.3 Å². The van der Waals surface area contributed by atoms with E-state index >= 15 is 0 Å². The van der Waals surface area contributed by atoms with Crippen molar-refractivity contribution in [2.45, 2.75) is 26.0 Å². The van der Waals surface area contributed by atoms with Crippen LogP contribution in [0.25, 0.3) is 11.4 Å². The first kappa shape index (κ1) is 25.6. The van der Waals surface area contributed by atoms with Gasteiger partial charge in [-0.3, -0.25) is 4.79 Å². The summed E-state index contributed by atoms with van der Waals surface area (Å²) in [5, 5.41) is 14.0. The van der Waals surface area contributed by atoms with Gasteiger partial charge >= 0.3 is 0 Å². The number of nitrogens with one attached hydrogen (secondary N) is 1. The van der Waals surface area contributed by atoms with Gasteiger partial charge in [-0.15, -0.1) is 0 Å². The summed E-state index contributed by atoms with van der Waals surface area (Å²) >= 11 is 6.18. The van der Waals surface area contributed by atoms with E-state index < -0.39 is 11.7 Å². The molecule has 8 nitrogen and oxygen atoms in total. The average molecular weight is 488 g/mol. The maximum absolute atomic E-state index is 12.3. The van der Waals surface area contributed by atoms with E-state index in [0.717, 1.165) is 17.5 Å². The maximum atomic E-state index is 12.3. The minimum atomic E-state index is -0.721. The molecule has 0 saturated carbocycles. The van der Waals surface area contributed by atoms with Crippen molar-refractivity contribution in [3.05, 3.63) is 69.1 Å². The molecule has 0 amide bonds. The number of halogens is 1. The van der Waals surface area contributed by atoms with Crippen molar-refractivity contribution in [2.75, 3.05) is 34.4 Å². The number of ether oxygens (including phenoxy) is 3. The van der Waals surface area contributed by atoms with Crippen molar-refractivity contribution >= 4 is 11.6 Å². The number of aromatic nitrogens is 2. The molecule has 1 atom stereocenters. The summed E-state index contributed by atoms with van der Waals surface area (Å²) in [7, 11) is 4.80. The normalized spacial score (nSPS) is 11.8. The molecule has 0 unspecified atom stereocenters. The van der Waals surface area contributed by atoms with Gasteiger partial charge in [0.15, 0.2) is 11.5 Å². The zero-order valence-electron chi connectivity index (χ0n) is 19.8. The Bertz CT molecular complexity index is 1160. The van der Waals surface area contributed by atoms with Crippen molar-refractivity contribution in [2.24, 2.45) is 0 Å². The van der Waals surface area contributed by atoms with Crippen molar-refractivity contribution in [3.63, 3.8) is 0 Å². The lowest BCUT2D eigenvalue weighted by Crippen LogP contribution is -2.33. The molecule has 0 bridgehead atoms. The average Bonchev–Trinajstić information content (AvgIpc) is 2.86. The summed E-state index contributed by atoms with van der Waals surface area (Å²) < 4.78 is 17.6. The van der Waals surface area contributed by atoms with E-state index in [9.17, 15) is 9.90 Å². The molecule has 0 spiro atoms. The second-order valence-corrected chi connectivity index (χ2v) is 8.15. The monoisotopic (exact) mass is 487 g/mol. The Morgan fingerprint density at radius 2 is 1.76 bits per heavy atom. The fourth-order valence-electron chi connectivity index (χ4n) is 3.63. The highest BCUT2D eigenvalue weighted by Gasteiger charge is 2.17. The van der Waals surface area contributed by atoms with Gasteiger partial charge in [0.2, 0.25) is 0 Å². The van der Waals surface area contributed by atoms with Crippen LogP contribution in [0.5, 0.6) is 17.2 Å². The number of nitrogens with zero attached hydrogens (tertiary/aromatic N) is 2. The number of methoxy groups -OCH3 is 3. The zero-order valence-corrected chi connectivity index (χ0v) is 20.6. The van der Waals surface area contributed by atoms with Crippen LogP contribution in [0.4, 0.5) is 0 Å². The van der Waals surface area contributed by atoms with E-state index in [0.29, 0.717) is 41.9 Å². The highest BCUT2D eigenvalue weighted by atomic mass is 35.5. The number of rotatable bonds is 11. The topological polar surface area (TPSA) is 94.8 Å². The number of aliphatic hydroxyl groups is 1. The minimum Gasteiger partial charge on any atom is -0.497 e. The number of hydrogen-bond donors (Lipinski definition) is 2. The summed E-state index contributed by atoms with van der Waals surface area (Å²) in [6.07, 6.45) is 0.0377. The van der Waals surface area contributed by atoms with Crippen molar-refractivity contribution in [1.29, 1.82) is 0 Å². The molecular weight excluding hydrogens is 458 g/mol. The van der Waals surface area contributed by atoms with E-state index in [1.165, 1.54) is 0 Å². The molecule has 0 aliphatic carbocycles. The van der Waals surface area contributed by atoms with Crippen LogP contribution in [0.15, 0.2) is 47.3 Å². The first-order valence-electron chi connectivity index (χ1n) is 10.9. The molecule has 0 aliphatic heterocycles. The molecule has 0 saturated heterocycles. The number of hydrogen-bond acceptors (Lipinski definition) is 7. The third-order valence-electron chi connectivity index (χ3n) is 5.53. The summed E-state index contributed by atoms with van der Waals surface area (Å²) in [6, 6.07) is 13.0. The second kappa shape index (κ2) is 11.9. The molecule has 1 heterocycles. The quantitative estimate of drug-likeness (QED) is 0.401. The van der Waals surface area contributed by atoms with Gasteiger partial charge in [0, 0.05) is 17.8 Å². The van der Waals surface area contributed by atoms with Gasteiger partial charge in [0.1, 0.15) is 16.6 Å². The molecule has 0 fully saturated rings. The SMILES string of the molecule is COc1ccc(-c2nc(=O)c(Cl)c(C)n2C[C@@H](O)CNCCc2ccc(OC)c(OC)c2)cc1. The number of aliphatic hydroxyl groups excluding tert-OH is 1. The van der Waals surface area contributed by atoms with E-state index in [4.69, 9.17) is 25.8 Å². The Hall–Kier alpha value is -3.07. The standard InChI is InChI=1S/C25H30ClN3O5/c1-16-23(26)25(31)28-24(18-6-8-20(32-2)9-7-18)29(16)15-19(30)14-27-12-11-17-5-10-21(33-3)22(13-17)34-4/h5-10,13,19,27,30H,11-12,14-15H2,1-4H3/t19-/m0/s1. The predicted molar refractivity (Wildman–Crippen MR) is 132 cm³/mol. The van der Waals surface area contributed by atoms with Gasteiger partial charge in [-0.25, -0.2) is 0 Å². The van der Waals surface area contributed by atoms with Gasteiger partial charge in [-0.2, -0.15) is 4.98 Å². The molecule has 3 rings (SSSR count). The van der Waals surface area contributed by atoms with E-state index in [-0.39, 0.29) is 11.6 Å². The van der Waals surface area contributed by atoms with Gasteiger partial charge in [0.05, 0.1) is 34.0 Å².